The highest BCUT2D eigenvalue weighted by atomic mass is 15.1. The van der Waals surface area contributed by atoms with Gasteiger partial charge in [0.25, 0.3) is 0 Å². The molecule has 0 aliphatic rings. The summed E-state index contributed by atoms with van der Waals surface area (Å²) in [5.41, 5.74) is 2.83. The molecule has 98 valence electrons. The van der Waals surface area contributed by atoms with E-state index in [0.717, 1.165) is 25.3 Å². The Balaban J connectivity index is 2.72. The summed E-state index contributed by atoms with van der Waals surface area (Å²) in [6.45, 7) is 11.6. The van der Waals surface area contributed by atoms with E-state index < -0.39 is 0 Å². The fourth-order valence-electron chi connectivity index (χ4n) is 2.06. The van der Waals surface area contributed by atoms with Crippen molar-refractivity contribution in [3.05, 3.63) is 29.3 Å². The van der Waals surface area contributed by atoms with Gasteiger partial charge in [0.05, 0.1) is 11.3 Å². The van der Waals surface area contributed by atoms with E-state index in [1.54, 1.807) is 0 Å². The van der Waals surface area contributed by atoms with Crippen molar-refractivity contribution >= 4 is 5.69 Å². The normalized spacial score (nSPS) is 12.2. The Hall–Kier alpha value is -1.53. The summed E-state index contributed by atoms with van der Waals surface area (Å²) < 4.78 is 0. The smallest absolute Gasteiger partial charge is 0.101 e. The largest absolute Gasteiger partial charge is 0.380 e. The van der Waals surface area contributed by atoms with Crippen LogP contribution in [0.25, 0.3) is 0 Å². The minimum absolute atomic E-state index is 0.332. The van der Waals surface area contributed by atoms with E-state index in [2.05, 4.69) is 37.1 Å². The van der Waals surface area contributed by atoms with Crippen molar-refractivity contribution in [3.63, 3.8) is 0 Å². The molecule has 1 atom stereocenters. The lowest BCUT2D eigenvalue weighted by Gasteiger charge is -2.24. The van der Waals surface area contributed by atoms with Crippen LogP contribution in [0.3, 0.4) is 0 Å². The number of nitriles is 1. The molecule has 1 N–H and O–H groups in total. The Morgan fingerprint density at radius 2 is 2.00 bits per heavy atom. The monoisotopic (exact) mass is 245 g/mol. The molecule has 0 saturated heterocycles. The van der Waals surface area contributed by atoms with E-state index in [1.807, 2.05) is 25.1 Å². The molecule has 1 aromatic rings. The van der Waals surface area contributed by atoms with Crippen molar-refractivity contribution in [3.8, 4) is 6.07 Å². The van der Waals surface area contributed by atoms with Gasteiger partial charge < -0.3 is 10.2 Å². The zero-order valence-electron chi connectivity index (χ0n) is 11.8. The third-order valence-corrected chi connectivity index (χ3v) is 3.12. The minimum atomic E-state index is 0.332. The lowest BCUT2D eigenvalue weighted by molar-refractivity contribution is 0.295. The highest BCUT2D eigenvalue weighted by Crippen LogP contribution is 2.17. The second-order valence-electron chi connectivity index (χ2n) is 4.69. The summed E-state index contributed by atoms with van der Waals surface area (Å²) in [4.78, 5) is 2.37. The maximum Gasteiger partial charge on any atom is 0.101 e. The van der Waals surface area contributed by atoms with Crippen LogP contribution in [0.15, 0.2) is 18.2 Å². The average molecular weight is 245 g/mol. The van der Waals surface area contributed by atoms with E-state index in [0.29, 0.717) is 11.6 Å². The summed E-state index contributed by atoms with van der Waals surface area (Å²) in [6.07, 6.45) is 0. The number of benzene rings is 1. The van der Waals surface area contributed by atoms with E-state index >= 15 is 0 Å². The zero-order chi connectivity index (χ0) is 13.5. The SMILES string of the molecule is CCN(CC)CC(C)Nc1cc(C)ccc1C#N. The summed E-state index contributed by atoms with van der Waals surface area (Å²) in [5.74, 6) is 0. The topological polar surface area (TPSA) is 39.1 Å². The van der Waals surface area contributed by atoms with Crippen molar-refractivity contribution in [2.45, 2.75) is 33.7 Å². The third kappa shape index (κ3) is 4.05. The average Bonchev–Trinajstić information content (AvgIpc) is 2.36. The lowest BCUT2D eigenvalue weighted by Crippen LogP contribution is -2.34. The molecule has 0 saturated carbocycles. The standard InChI is InChI=1S/C15H23N3/c1-5-18(6-2)11-13(4)17-15-9-12(3)7-8-14(15)10-16/h7-9,13,17H,5-6,11H2,1-4H3. The number of aryl methyl sites for hydroxylation is 1. The van der Waals surface area contributed by atoms with Gasteiger partial charge in [-0.2, -0.15) is 5.26 Å². The van der Waals surface area contributed by atoms with E-state index in [1.165, 1.54) is 5.56 Å². The van der Waals surface area contributed by atoms with Gasteiger partial charge in [-0.3, -0.25) is 0 Å². The van der Waals surface area contributed by atoms with Gasteiger partial charge in [0, 0.05) is 12.6 Å². The quantitative estimate of drug-likeness (QED) is 0.837. The predicted molar refractivity (Wildman–Crippen MR) is 76.8 cm³/mol. The molecule has 3 nitrogen and oxygen atoms in total. The maximum absolute atomic E-state index is 9.10. The van der Waals surface area contributed by atoms with Gasteiger partial charge in [0.1, 0.15) is 6.07 Å². The molecular weight excluding hydrogens is 222 g/mol. The number of likely N-dealkylation sites (N-methyl/N-ethyl adjacent to an activating group) is 1. The molecular formula is C15H23N3. The fraction of sp³-hybridized carbons (Fsp3) is 0.533. The maximum atomic E-state index is 9.10. The first-order chi connectivity index (χ1) is 8.60. The van der Waals surface area contributed by atoms with Crippen LogP contribution in [0.5, 0.6) is 0 Å². The summed E-state index contributed by atoms with van der Waals surface area (Å²) in [7, 11) is 0. The van der Waals surface area contributed by atoms with Gasteiger partial charge in [-0.05, 0) is 44.6 Å². The van der Waals surface area contributed by atoms with Crippen LogP contribution in [0.2, 0.25) is 0 Å². The molecule has 0 radical (unpaired) electrons. The zero-order valence-corrected chi connectivity index (χ0v) is 11.8. The Morgan fingerprint density at radius 1 is 1.33 bits per heavy atom. The first-order valence-corrected chi connectivity index (χ1v) is 6.60. The second-order valence-corrected chi connectivity index (χ2v) is 4.69. The van der Waals surface area contributed by atoms with Crippen molar-refractivity contribution in [2.24, 2.45) is 0 Å². The van der Waals surface area contributed by atoms with Crippen LogP contribution >= 0.6 is 0 Å². The molecule has 0 aromatic heterocycles. The first kappa shape index (κ1) is 14.5. The van der Waals surface area contributed by atoms with E-state index in [9.17, 15) is 0 Å². The van der Waals surface area contributed by atoms with Crippen LogP contribution in [0.4, 0.5) is 5.69 Å². The molecule has 0 fully saturated rings. The molecule has 0 bridgehead atoms. The van der Waals surface area contributed by atoms with Crippen LogP contribution in [0.1, 0.15) is 31.9 Å². The van der Waals surface area contributed by atoms with Crippen molar-refractivity contribution in [1.29, 1.82) is 5.26 Å². The predicted octanol–water partition coefficient (Wildman–Crippen LogP) is 3.01. The summed E-state index contributed by atoms with van der Waals surface area (Å²) in [5, 5.41) is 12.5. The molecule has 0 aliphatic heterocycles. The Morgan fingerprint density at radius 3 is 2.56 bits per heavy atom. The number of hydrogen-bond donors (Lipinski definition) is 1. The molecule has 0 aliphatic carbocycles. The third-order valence-electron chi connectivity index (χ3n) is 3.12. The van der Waals surface area contributed by atoms with Crippen LogP contribution in [0, 0.1) is 18.3 Å². The lowest BCUT2D eigenvalue weighted by atomic mass is 10.1. The molecule has 0 amide bonds. The van der Waals surface area contributed by atoms with E-state index in [-0.39, 0.29) is 0 Å². The van der Waals surface area contributed by atoms with Crippen LogP contribution in [-0.4, -0.2) is 30.6 Å². The van der Waals surface area contributed by atoms with Crippen molar-refractivity contribution in [1.82, 2.24) is 4.90 Å². The molecule has 0 spiro atoms. The van der Waals surface area contributed by atoms with Crippen molar-refractivity contribution in [2.75, 3.05) is 25.0 Å². The van der Waals surface area contributed by atoms with E-state index in [4.69, 9.17) is 5.26 Å². The Bertz CT molecular complexity index is 416. The summed E-state index contributed by atoms with van der Waals surface area (Å²) in [6, 6.07) is 8.45. The molecule has 18 heavy (non-hydrogen) atoms. The van der Waals surface area contributed by atoms with Gasteiger partial charge in [-0.25, -0.2) is 0 Å². The van der Waals surface area contributed by atoms with Crippen molar-refractivity contribution < 1.29 is 0 Å². The number of nitrogens with zero attached hydrogens (tertiary/aromatic N) is 2. The molecule has 1 aromatic carbocycles. The number of anilines is 1. The second kappa shape index (κ2) is 7.03. The number of nitrogens with one attached hydrogen (secondary N) is 1. The highest BCUT2D eigenvalue weighted by Gasteiger charge is 2.09. The molecule has 1 unspecified atom stereocenters. The molecule has 3 heteroatoms. The number of hydrogen-bond acceptors (Lipinski definition) is 3. The van der Waals surface area contributed by atoms with Gasteiger partial charge in [0.15, 0.2) is 0 Å². The van der Waals surface area contributed by atoms with Gasteiger partial charge in [-0.1, -0.05) is 19.9 Å². The molecule has 0 heterocycles. The highest BCUT2D eigenvalue weighted by molar-refractivity contribution is 5.59. The minimum Gasteiger partial charge on any atom is -0.380 e. The van der Waals surface area contributed by atoms with Crippen LogP contribution in [-0.2, 0) is 0 Å². The Labute approximate surface area is 110 Å². The van der Waals surface area contributed by atoms with Gasteiger partial charge in [0.2, 0.25) is 0 Å². The van der Waals surface area contributed by atoms with Gasteiger partial charge >= 0.3 is 0 Å². The number of rotatable bonds is 6. The molecule has 1 rings (SSSR count). The fourth-order valence-corrected chi connectivity index (χ4v) is 2.06. The first-order valence-electron chi connectivity index (χ1n) is 6.60. The van der Waals surface area contributed by atoms with Crippen LogP contribution < -0.4 is 5.32 Å². The Kier molecular flexibility index (Phi) is 5.67. The van der Waals surface area contributed by atoms with Gasteiger partial charge in [-0.15, -0.1) is 0 Å². The summed E-state index contributed by atoms with van der Waals surface area (Å²) >= 11 is 0.